The Morgan fingerprint density at radius 3 is 2.35 bits per heavy atom. The minimum absolute atomic E-state index is 0.190. The number of carbonyl (C=O) groups is 1. The van der Waals surface area contributed by atoms with Gasteiger partial charge in [0.2, 0.25) is 5.95 Å². The van der Waals surface area contributed by atoms with E-state index in [2.05, 4.69) is 33.8 Å². The third-order valence-electron chi connectivity index (χ3n) is 5.26. The van der Waals surface area contributed by atoms with Gasteiger partial charge in [-0.05, 0) is 43.5 Å². The van der Waals surface area contributed by atoms with Gasteiger partial charge in [0, 0.05) is 43.3 Å². The van der Waals surface area contributed by atoms with E-state index in [-0.39, 0.29) is 5.78 Å². The van der Waals surface area contributed by atoms with Crippen molar-refractivity contribution in [3.05, 3.63) is 46.2 Å². The summed E-state index contributed by atoms with van der Waals surface area (Å²) in [5.74, 6) is 1.31. The molecule has 136 valence electrons. The fourth-order valence-electron chi connectivity index (χ4n) is 3.91. The van der Waals surface area contributed by atoms with Crippen molar-refractivity contribution in [1.82, 2.24) is 9.97 Å². The number of hydrogen-bond acceptors (Lipinski definition) is 5. The molecule has 1 saturated heterocycles. The Kier molecular flexibility index (Phi) is 4.57. The molecule has 2 aliphatic rings. The van der Waals surface area contributed by atoms with E-state index in [0.717, 1.165) is 60.5 Å². The summed E-state index contributed by atoms with van der Waals surface area (Å²) in [6, 6.07) is 7.98. The number of nitrogens with zero attached hydrogens (tertiary/aromatic N) is 4. The fraction of sp³-hybridized carbons (Fsp3) is 0.450. The van der Waals surface area contributed by atoms with Crippen LogP contribution in [0.25, 0.3) is 0 Å². The van der Waals surface area contributed by atoms with Gasteiger partial charge in [-0.25, -0.2) is 9.97 Å². The second-order valence-corrected chi connectivity index (χ2v) is 7.75. The SMILES string of the molecule is Cc1nc(N2CCN(c3ccc(Cl)cc3)CC2)nc2c1C(=O)C[C@@H](C)C2. The monoisotopic (exact) mass is 370 g/mol. The summed E-state index contributed by atoms with van der Waals surface area (Å²) in [6.45, 7) is 7.60. The molecule has 0 saturated carbocycles. The van der Waals surface area contributed by atoms with Gasteiger partial charge in [0.05, 0.1) is 17.0 Å². The maximum atomic E-state index is 12.3. The van der Waals surface area contributed by atoms with Crippen LogP contribution in [0, 0.1) is 12.8 Å². The molecule has 1 fully saturated rings. The zero-order chi connectivity index (χ0) is 18.3. The van der Waals surface area contributed by atoms with Crippen molar-refractivity contribution in [2.75, 3.05) is 36.0 Å². The van der Waals surface area contributed by atoms with Crippen molar-refractivity contribution in [2.24, 2.45) is 5.92 Å². The molecule has 1 aromatic carbocycles. The Hall–Kier alpha value is -2.14. The molecule has 1 aliphatic heterocycles. The Labute approximate surface area is 159 Å². The van der Waals surface area contributed by atoms with E-state index in [1.54, 1.807) is 0 Å². The van der Waals surface area contributed by atoms with Crippen molar-refractivity contribution in [3.63, 3.8) is 0 Å². The lowest BCUT2D eigenvalue weighted by Crippen LogP contribution is -2.47. The predicted octanol–water partition coefficient (Wildman–Crippen LogP) is 3.53. The number of hydrogen-bond donors (Lipinski definition) is 0. The summed E-state index contributed by atoms with van der Waals surface area (Å²) in [5.41, 5.74) is 3.70. The first-order valence-corrected chi connectivity index (χ1v) is 9.55. The number of aryl methyl sites for hydroxylation is 1. The molecule has 0 N–H and O–H groups in total. The van der Waals surface area contributed by atoms with Crippen molar-refractivity contribution in [3.8, 4) is 0 Å². The Bertz CT molecular complexity index is 828. The summed E-state index contributed by atoms with van der Waals surface area (Å²) in [4.78, 5) is 26.3. The smallest absolute Gasteiger partial charge is 0.225 e. The summed E-state index contributed by atoms with van der Waals surface area (Å²) >= 11 is 5.98. The van der Waals surface area contributed by atoms with Crippen molar-refractivity contribution < 1.29 is 4.79 Å². The minimum Gasteiger partial charge on any atom is -0.368 e. The number of halogens is 1. The van der Waals surface area contributed by atoms with Crippen LogP contribution in [-0.4, -0.2) is 41.9 Å². The highest BCUT2D eigenvalue weighted by molar-refractivity contribution is 6.30. The van der Waals surface area contributed by atoms with Crippen LogP contribution in [0.1, 0.15) is 35.1 Å². The van der Waals surface area contributed by atoms with Crippen LogP contribution in [0.15, 0.2) is 24.3 Å². The second kappa shape index (κ2) is 6.88. The van der Waals surface area contributed by atoms with Gasteiger partial charge in [-0.15, -0.1) is 0 Å². The van der Waals surface area contributed by atoms with Crippen LogP contribution in [-0.2, 0) is 6.42 Å². The van der Waals surface area contributed by atoms with Crippen LogP contribution in [0.3, 0.4) is 0 Å². The summed E-state index contributed by atoms with van der Waals surface area (Å²) in [7, 11) is 0. The first-order valence-electron chi connectivity index (χ1n) is 9.17. The van der Waals surface area contributed by atoms with Crippen LogP contribution >= 0.6 is 11.6 Å². The number of rotatable bonds is 2. The topological polar surface area (TPSA) is 49.3 Å². The number of anilines is 2. The van der Waals surface area contributed by atoms with Gasteiger partial charge in [0.15, 0.2) is 5.78 Å². The summed E-state index contributed by atoms with van der Waals surface area (Å²) < 4.78 is 0. The van der Waals surface area contributed by atoms with Gasteiger partial charge in [-0.1, -0.05) is 18.5 Å². The van der Waals surface area contributed by atoms with Crippen LogP contribution in [0.2, 0.25) is 5.02 Å². The maximum Gasteiger partial charge on any atom is 0.225 e. The first kappa shape index (κ1) is 17.3. The molecule has 1 aromatic heterocycles. The maximum absolute atomic E-state index is 12.3. The molecule has 6 heteroatoms. The zero-order valence-corrected chi connectivity index (χ0v) is 16.0. The molecule has 1 atom stereocenters. The summed E-state index contributed by atoms with van der Waals surface area (Å²) in [6.07, 6.45) is 1.47. The van der Waals surface area contributed by atoms with E-state index in [0.29, 0.717) is 12.3 Å². The minimum atomic E-state index is 0.190. The van der Waals surface area contributed by atoms with Gasteiger partial charge in [0.1, 0.15) is 0 Å². The number of fused-ring (bicyclic) bond motifs is 1. The molecule has 0 amide bonds. The van der Waals surface area contributed by atoms with Crippen LogP contribution < -0.4 is 9.80 Å². The van der Waals surface area contributed by atoms with Crippen molar-refractivity contribution >= 4 is 29.0 Å². The van der Waals surface area contributed by atoms with Gasteiger partial charge >= 0.3 is 0 Å². The highest BCUT2D eigenvalue weighted by atomic mass is 35.5. The van der Waals surface area contributed by atoms with Crippen molar-refractivity contribution in [1.29, 1.82) is 0 Å². The molecule has 0 bridgehead atoms. The second-order valence-electron chi connectivity index (χ2n) is 7.32. The van der Waals surface area contributed by atoms with Gasteiger partial charge < -0.3 is 9.80 Å². The highest BCUT2D eigenvalue weighted by Gasteiger charge is 2.28. The summed E-state index contributed by atoms with van der Waals surface area (Å²) in [5, 5.41) is 0.758. The lowest BCUT2D eigenvalue weighted by atomic mass is 9.86. The van der Waals surface area contributed by atoms with Gasteiger partial charge in [0.25, 0.3) is 0 Å². The molecule has 1 aliphatic carbocycles. The molecule has 0 spiro atoms. The zero-order valence-electron chi connectivity index (χ0n) is 15.2. The number of Topliss-reactive ketones (excluding diaryl/α,β-unsaturated/α-hetero) is 1. The third-order valence-corrected chi connectivity index (χ3v) is 5.51. The molecular weight excluding hydrogens is 348 g/mol. The number of ketones is 1. The standard InChI is InChI=1S/C20H23ClN4O/c1-13-11-17-19(18(26)12-13)14(2)22-20(23-17)25-9-7-24(8-10-25)16-5-3-15(21)4-6-16/h3-6,13H,7-12H2,1-2H3/t13-/m0/s1. The fourth-order valence-corrected chi connectivity index (χ4v) is 4.03. The Morgan fingerprint density at radius 1 is 1.00 bits per heavy atom. The lowest BCUT2D eigenvalue weighted by Gasteiger charge is -2.36. The molecule has 2 aromatic rings. The number of carbonyl (C=O) groups excluding carboxylic acids is 1. The molecule has 0 radical (unpaired) electrons. The largest absolute Gasteiger partial charge is 0.368 e. The van der Waals surface area contributed by atoms with Gasteiger partial charge in [-0.2, -0.15) is 0 Å². The number of piperazine rings is 1. The lowest BCUT2D eigenvalue weighted by molar-refractivity contribution is 0.0951. The number of aromatic nitrogens is 2. The van der Waals surface area contributed by atoms with Crippen LogP contribution in [0.4, 0.5) is 11.6 Å². The Balaban J connectivity index is 1.51. The third kappa shape index (κ3) is 3.28. The molecule has 26 heavy (non-hydrogen) atoms. The molecule has 4 rings (SSSR count). The van der Waals surface area contributed by atoms with E-state index in [4.69, 9.17) is 16.6 Å². The van der Waals surface area contributed by atoms with Crippen molar-refractivity contribution in [2.45, 2.75) is 26.7 Å². The average Bonchev–Trinajstić information content (AvgIpc) is 2.61. The molecule has 0 unspecified atom stereocenters. The van der Waals surface area contributed by atoms with E-state index in [1.165, 1.54) is 5.69 Å². The van der Waals surface area contributed by atoms with E-state index in [1.807, 2.05) is 19.1 Å². The molecule has 2 heterocycles. The normalized spacial score (nSPS) is 20.3. The first-order chi connectivity index (χ1) is 12.5. The van der Waals surface area contributed by atoms with Gasteiger partial charge in [-0.3, -0.25) is 4.79 Å². The average molecular weight is 371 g/mol. The highest BCUT2D eigenvalue weighted by Crippen LogP contribution is 2.28. The van der Waals surface area contributed by atoms with Crippen LogP contribution in [0.5, 0.6) is 0 Å². The van der Waals surface area contributed by atoms with E-state index < -0.39 is 0 Å². The molecule has 5 nitrogen and oxygen atoms in total. The number of benzene rings is 1. The van der Waals surface area contributed by atoms with E-state index in [9.17, 15) is 4.79 Å². The quantitative estimate of drug-likeness (QED) is 0.809. The predicted molar refractivity (Wildman–Crippen MR) is 104 cm³/mol. The Morgan fingerprint density at radius 2 is 1.65 bits per heavy atom. The van der Waals surface area contributed by atoms with E-state index >= 15 is 0 Å². The molecular formula is C20H23ClN4O.